The summed E-state index contributed by atoms with van der Waals surface area (Å²) in [6.45, 7) is 5.40. The number of ether oxygens (including phenoxy) is 2. The second-order valence-corrected chi connectivity index (χ2v) is 9.79. The first kappa shape index (κ1) is 24.0. The summed E-state index contributed by atoms with van der Waals surface area (Å²) in [6.07, 6.45) is 6.62. The van der Waals surface area contributed by atoms with Crippen LogP contribution in [0.2, 0.25) is 5.02 Å². The highest BCUT2D eigenvalue weighted by molar-refractivity contribution is 6.30. The van der Waals surface area contributed by atoms with Crippen molar-refractivity contribution in [3.05, 3.63) is 58.9 Å². The van der Waals surface area contributed by atoms with Crippen molar-refractivity contribution in [2.45, 2.75) is 38.6 Å². The molecular formula is C26H34ClN3O3. The van der Waals surface area contributed by atoms with Gasteiger partial charge in [0.2, 0.25) is 0 Å². The number of carbonyl (C=O) groups excluding carboxylic acids is 1. The fraction of sp³-hybridized carbons (Fsp3) is 0.538. The number of para-hydroxylation sites is 1. The van der Waals surface area contributed by atoms with Crippen LogP contribution in [-0.4, -0.2) is 67.2 Å². The standard InChI is InChI=1S/C26H34ClN3O3/c1-29-15-17-32-16-5-4-10-26(20-33-24-7-3-2-6-21(24)19-29)11-13-30(14-12-26)25(31)23-9-8-22(27)18-28-23/h2-3,6-9,18H,4-5,10-17,19-20H2,1H3. The zero-order valence-corrected chi connectivity index (χ0v) is 20.2. The van der Waals surface area contributed by atoms with Crippen LogP contribution in [0.3, 0.4) is 0 Å². The van der Waals surface area contributed by atoms with E-state index in [1.807, 2.05) is 11.0 Å². The van der Waals surface area contributed by atoms with Gasteiger partial charge >= 0.3 is 0 Å². The van der Waals surface area contributed by atoms with E-state index in [1.165, 1.54) is 11.8 Å². The van der Waals surface area contributed by atoms with Gasteiger partial charge in [0.15, 0.2) is 0 Å². The van der Waals surface area contributed by atoms with Gasteiger partial charge in [-0.15, -0.1) is 0 Å². The number of rotatable bonds is 1. The normalized spacial score (nSPS) is 20.5. The van der Waals surface area contributed by atoms with Crippen molar-refractivity contribution in [2.24, 2.45) is 5.41 Å². The first-order chi connectivity index (χ1) is 16.0. The lowest BCUT2D eigenvalue weighted by Crippen LogP contribution is -2.45. The number of nitrogens with zero attached hydrogens (tertiary/aromatic N) is 3. The molecule has 0 unspecified atom stereocenters. The number of halogens is 1. The number of likely N-dealkylation sites (N-methyl/N-ethyl adjacent to an activating group) is 1. The molecule has 0 radical (unpaired) electrons. The maximum atomic E-state index is 12.9. The highest BCUT2D eigenvalue weighted by atomic mass is 35.5. The summed E-state index contributed by atoms with van der Waals surface area (Å²) in [6, 6.07) is 11.7. The Kier molecular flexibility index (Phi) is 8.23. The molecule has 0 saturated carbocycles. The molecule has 1 saturated heterocycles. The van der Waals surface area contributed by atoms with Gasteiger partial charge in [-0.3, -0.25) is 9.69 Å². The number of fused-ring (bicyclic) bond motifs is 1. The van der Waals surface area contributed by atoms with Gasteiger partial charge < -0.3 is 14.4 Å². The number of aromatic nitrogens is 1. The molecule has 1 aromatic carbocycles. The zero-order chi connectivity index (χ0) is 23.1. The second-order valence-electron chi connectivity index (χ2n) is 9.36. The van der Waals surface area contributed by atoms with Crippen molar-refractivity contribution in [2.75, 3.05) is 46.5 Å². The van der Waals surface area contributed by atoms with E-state index in [0.29, 0.717) is 30.4 Å². The van der Waals surface area contributed by atoms with Crippen LogP contribution < -0.4 is 4.74 Å². The molecule has 1 spiro atoms. The molecule has 1 amide bonds. The summed E-state index contributed by atoms with van der Waals surface area (Å²) in [7, 11) is 2.12. The van der Waals surface area contributed by atoms with E-state index in [1.54, 1.807) is 12.1 Å². The third-order valence-electron chi connectivity index (χ3n) is 6.87. The molecule has 0 aliphatic carbocycles. The van der Waals surface area contributed by atoms with Gasteiger partial charge in [-0.2, -0.15) is 0 Å². The summed E-state index contributed by atoms with van der Waals surface area (Å²) in [5, 5.41) is 0.538. The summed E-state index contributed by atoms with van der Waals surface area (Å²) in [5.74, 6) is 0.940. The average Bonchev–Trinajstić information content (AvgIpc) is 2.83. The molecule has 2 aliphatic rings. The Hall–Kier alpha value is -2.15. The number of hydrogen-bond acceptors (Lipinski definition) is 5. The topological polar surface area (TPSA) is 54.9 Å². The van der Waals surface area contributed by atoms with Crippen LogP contribution in [0.15, 0.2) is 42.6 Å². The van der Waals surface area contributed by atoms with Gasteiger partial charge in [0.25, 0.3) is 5.91 Å². The van der Waals surface area contributed by atoms with Crippen LogP contribution in [0.5, 0.6) is 5.75 Å². The Bertz CT molecular complexity index is 913. The van der Waals surface area contributed by atoms with E-state index < -0.39 is 0 Å². The molecule has 3 heterocycles. The first-order valence-corrected chi connectivity index (χ1v) is 12.3. The lowest BCUT2D eigenvalue weighted by atomic mass is 9.75. The van der Waals surface area contributed by atoms with E-state index in [-0.39, 0.29) is 11.3 Å². The van der Waals surface area contributed by atoms with Crippen LogP contribution in [0, 0.1) is 5.41 Å². The highest BCUT2D eigenvalue weighted by Crippen LogP contribution is 2.38. The zero-order valence-electron chi connectivity index (χ0n) is 19.5. The predicted molar refractivity (Wildman–Crippen MR) is 130 cm³/mol. The van der Waals surface area contributed by atoms with Gasteiger partial charge in [0.1, 0.15) is 11.4 Å². The quantitative estimate of drug-likeness (QED) is 0.605. The highest BCUT2D eigenvalue weighted by Gasteiger charge is 2.37. The number of amides is 1. The van der Waals surface area contributed by atoms with E-state index >= 15 is 0 Å². The fourth-order valence-electron chi connectivity index (χ4n) is 4.72. The molecule has 2 aromatic rings. The van der Waals surface area contributed by atoms with E-state index in [9.17, 15) is 4.79 Å². The van der Waals surface area contributed by atoms with E-state index in [4.69, 9.17) is 21.1 Å². The molecule has 7 heteroatoms. The molecule has 1 fully saturated rings. The summed E-state index contributed by atoms with van der Waals surface area (Å²) < 4.78 is 12.4. The van der Waals surface area contributed by atoms with Crippen molar-refractivity contribution >= 4 is 17.5 Å². The minimum absolute atomic E-state index is 0.0230. The van der Waals surface area contributed by atoms with Crippen LogP contribution >= 0.6 is 11.6 Å². The SMILES string of the molecule is CN1CCOCCCCC2(CCN(C(=O)c3ccc(Cl)cn3)CC2)COc2ccccc2C1. The van der Waals surface area contributed by atoms with Crippen LogP contribution in [0.25, 0.3) is 0 Å². The molecule has 4 rings (SSSR count). The number of carbonyl (C=O) groups is 1. The van der Waals surface area contributed by atoms with Gasteiger partial charge in [0.05, 0.1) is 18.2 Å². The maximum absolute atomic E-state index is 12.9. The Morgan fingerprint density at radius 3 is 2.64 bits per heavy atom. The monoisotopic (exact) mass is 471 g/mol. The van der Waals surface area contributed by atoms with Crippen LogP contribution in [0.1, 0.15) is 48.2 Å². The summed E-state index contributed by atoms with van der Waals surface area (Å²) >= 11 is 5.93. The molecular weight excluding hydrogens is 438 g/mol. The largest absolute Gasteiger partial charge is 0.493 e. The molecule has 0 bridgehead atoms. The maximum Gasteiger partial charge on any atom is 0.272 e. The molecule has 2 aliphatic heterocycles. The lowest BCUT2D eigenvalue weighted by Gasteiger charge is -2.42. The number of pyridine rings is 1. The molecule has 178 valence electrons. The van der Waals surface area contributed by atoms with Gasteiger partial charge in [0, 0.05) is 50.0 Å². The van der Waals surface area contributed by atoms with Gasteiger partial charge in [-0.05, 0) is 50.9 Å². The summed E-state index contributed by atoms with van der Waals surface area (Å²) in [4.78, 5) is 21.3. The number of likely N-dealkylation sites (tertiary alicyclic amines) is 1. The Morgan fingerprint density at radius 1 is 1.03 bits per heavy atom. The molecule has 33 heavy (non-hydrogen) atoms. The Balaban J connectivity index is 1.45. The minimum Gasteiger partial charge on any atom is -0.493 e. The van der Waals surface area contributed by atoms with Crippen molar-refractivity contribution in [1.82, 2.24) is 14.8 Å². The first-order valence-electron chi connectivity index (χ1n) is 11.9. The fourth-order valence-corrected chi connectivity index (χ4v) is 4.83. The Labute approximate surface area is 201 Å². The number of piperidine rings is 1. The third-order valence-corrected chi connectivity index (χ3v) is 7.09. The van der Waals surface area contributed by atoms with Crippen molar-refractivity contribution in [1.29, 1.82) is 0 Å². The van der Waals surface area contributed by atoms with Crippen molar-refractivity contribution < 1.29 is 14.3 Å². The smallest absolute Gasteiger partial charge is 0.272 e. The van der Waals surface area contributed by atoms with Gasteiger partial charge in [-0.1, -0.05) is 36.2 Å². The minimum atomic E-state index is -0.0230. The lowest BCUT2D eigenvalue weighted by molar-refractivity contribution is 0.0330. The van der Waals surface area contributed by atoms with Gasteiger partial charge in [-0.25, -0.2) is 4.98 Å². The summed E-state index contributed by atoms with van der Waals surface area (Å²) in [5.41, 5.74) is 1.72. The van der Waals surface area contributed by atoms with E-state index in [0.717, 1.165) is 64.2 Å². The van der Waals surface area contributed by atoms with Crippen molar-refractivity contribution in [3.63, 3.8) is 0 Å². The predicted octanol–water partition coefficient (Wildman–Crippen LogP) is 4.67. The van der Waals surface area contributed by atoms with Crippen molar-refractivity contribution in [3.8, 4) is 5.75 Å². The molecule has 0 N–H and O–H groups in total. The van der Waals surface area contributed by atoms with Crippen LogP contribution in [0.4, 0.5) is 0 Å². The molecule has 1 aromatic heterocycles. The molecule has 0 atom stereocenters. The number of benzene rings is 1. The third kappa shape index (κ3) is 6.46. The number of hydrogen-bond donors (Lipinski definition) is 0. The van der Waals surface area contributed by atoms with Crippen LogP contribution in [-0.2, 0) is 11.3 Å². The Morgan fingerprint density at radius 2 is 1.85 bits per heavy atom. The average molecular weight is 472 g/mol. The van der Waals surface area contributed by atoms with E-state index in [2.05, 4.69) is 35.1 Å². The molecule has 6 nitrogen and oxygen atoms in total. The second kappa shape index (κ2) is 11.3.